The number of para-hydroxylation sites is 4. The Morgan fingerprint density at radius 1 is 0.537 bits per heavy atom. The van der Waals surface area contributed by atoms with Crippen LogP contribution in [0.5, 0.6) is 23.0 Å². The van der Waals surface area contributed by atoms with Crippen molar-refractivity contribution in [3.63, 3.8) is 0 Å². The Kier molecular flexibility index (Phi) is 4.76. The van der Waals surface area contributed by atoms with Gasteiger partial charge in [-0.05, 0) is 82.2 Å². The molecular weight excluding hydrogens is 501 g/mol. The average Bonchev–Trinajstić information content (AvgIpc) is 3.03. The lowest BCUT2D eigenvalue weighted by atomic mass is 9.34. The number of benzene rings is 6. The summed E-state index contributed by atoms with van der Waals surface area (Å²) in [4.78, 5) is 2.38. The highest BCUT2D eigenvalue weighted by Crippen LogP contribution is 2.46. The van der Waals surface area contributed by atoms with Crippen LogP contribution in [0.15, 0.2) is 133 Å². The summed E-state index contributed by atoms with van der Waals surface area (Å²) in [5.74, 6) is 3.57. The summed E-state index contributed by atoms with van der Waals surface area (Å²) in [5, 5.41) is 0. The standard InChI is InChI=1S/C37H24BNO2/c1-2-11-27(12-3-1)39-31-15-7-4-10-25(31)23-26-22-24(18-20-32(26)39)28-19-21-35-36-37(28)41-34-17-9-6-14-30(34)38(36)29-13-5-8-16-33(29)40-35/h1-22H,23H2. The van der Waals surface area contributed by atoms with Gasteiger partial charge in [-0.1, -0.05) is 78.9 Å². The lowest BCUT2D eigenvalue weighted by Gasteiger charge is -2.35. The fraction of sp³-hybridized carbons (Fsp3) is 0.0270. The van der Waals surface area contributed by atoms with Crippen LogP contribution in [0.4, 0.5) is 17.1 Å². The van der Waals surface area contributed by atoms with E-state index in [1.165, 1.54) is 33.4 Å². The van der Waals surface area contributed by atoms with Gasteiger partial charge >= 0.3 is 0 Å². The van der Waals surface area contributed by atoms with Crippen LogP contribution in [0.25, 0.3) is 11.1 Å². The van der Waals surface area contributed by atoms with Crippen LogP contribution in [-0.4, -0.2) is 6.71 Å². The van der Waals surface area contributed by atoms with Gasteiger partial charge in [0.15, 0.2) is 0 Å². The third-order valence-electron chi connectivity index (χ3n) is 8.60. The first-order valence-corrected chi connectivity index (χ1v) is 14.1. The van der Waals surface area contributed by atoms with Gasteiger partial charge in [0, 0.05) is 34.5 Å². The molecule has 0 radical (unpaired) electrons. The molecule has 41 heavy (non-hydrogen) atoms. The number of hydrogen-bond acceptors (Lipinski definition) is 3. The van der Waals surface area contributed by atoms with Gasteiger partial charge in [-0.2, -0.15) is 0 Å². The third-order valence-corrected chi connectivity index (χ3v) is 8.60. The van der Waals surface area contributed by atoms with E-state index in [-0.39, 0.29) is 6.71 Å². The molecule has 3 heterocycles. The molecule has 3 aliphatic heterocycles. The summed E-state index contributed by atoms with van der Waals surface area (Å²) in [6, 6.07) is 47.2. The molecule has 0 aromatic heterocycles. The molecule has 0 atom stereocenters. The maximum absolute atomic E-state index is 6.73. The smallest absolute Gasteiger partial charge is 0.260 e. The SMILES string of the molecule is c1ccc(N2c3ccccc3Cc3cc(-c4ccc5c6c4Oc4ccccc4B6c4ccccc4O5)ccc32)cc1. The topological polar surface area (TPSA) is 21.7 Å². The Labute approximate surface area is 239 Å². The van der Waals surface area contributed by atoms with Crippen molar-refractivity contribution in [3.05, 3.63) is 145 Å². The minimum atomic E-state index is 0.0629. The van der Waals surface area contributed by atoms with Gasteiger partial charge in [0.05, 0.1) is 0 Å². The molecule has 6 aromatic rings. The maximum atomic E-state index is 6.73. The Bertz CT molecular complexity index is 1990. The summed E-state index contributed by atoms with van der Waals surface area (Å²) >= 11 is 0. The Hall–Kier alpha value is -5.22. The molecular formula is C37H24BNO2. The Morgan fingerprint density at radius 3 is 2.05 bits per heavy atom. The minimum Gasteiger partial charge on any atom is -0.458 e. The Morgan fingerprint density at radius 2 is 1.22 bits per heavy atom. The zero-order chi connectivity index (χ0) is 26.9. The van der Waals surface area contributed by atoms with E-state index in [1.54, 1.807) is 0 Å². The average molecular weight is 525 g/mol. The lowest BCUT2D eigenvalue weighted by molar-refractivity contribution is 0.465. The van der Waals surface area contributed by atoms with E-state index in [2.05, 4.69) is 126 Å². The van der Waals surface area contributed by atoms with Gasteiger partial charge in [0.2, 0.25) is 0 Å². The van der Waals surface area contributed by atoms with E-state index in [1.807, 2.05) is 12.1 Å². The molecule has 0 saturated carbocycles. The highest BCUT2D eigenvalue weighted by atomic mass is 16.5. The first-order valence-electron chi connectivity index (χ1n) is 14.1. The molecule has 192 valence electrons. The van der Waals surface area contributed by atoms with Crippen molar-refractivity contribution in [2.75, 3.05) is 4.90 Å². The molecule has 6 aromatic carbocycles. The van der Waals surface area contributed by atoms with Crippen molar-refractivity contribution < 1.29 is 9.47 Å². The van der Waals surface area contributed by atoms with Gasteiger partial charge in [-0.25, -0.2) is 0 Å². The molecule has 0 bridgehead atoms. The van der Waals surface area contributed by atoms with Gasteiger partial charge < -0.3 is 14.4 Å². The molecule has 0 unspecified atom stereocenters. The van der Waals surface area contributed by atoms with Crippen molar-refractivity contribution in [3.8, 4) is 34.1 Å². The second-order valence-corrected chi connectivity index (χ2v) is 10.9. The van der Waals surface area contributed by atoms with Crippen LogP contribution in [0, 0.1) is 0 Å². The summed E-state index contributed by atoms with van der Waals surface area (Å²) < 4.78 is 13.2. The van der Waals surface area contributed by atoms with Crippen molar-refractivity contribution in [2.45, 2.75) is 6.42 Å². The lowest BCUT2D eigenvalue weighted by Crippen LogP contribution is -2.57. The summed E-state index contributed by atoms with van der Waals surface area (Å²) in [6.07, 6.45) is 0.881. The van der Waals surface area contributed by atoms with E-state index in [0.717, 1.165) is 51.7 Å². The monoisotopic (exact) mass is 525 g/mol. The molecule has 3 nitrogen and oxygen atoms in total. The van der Waals surface area contributed by atoms with Crippen molar-refractivity contribution >= 4 is 40.2 Å². The number of rotatable bonds is 2. The van der Waals surface area contributed by atoms with Crippen LogP contribution in [0.1, 0.15) is 11.1 Å². The van der Waals surface area contributed by atoms with Gasteiger partial charge in [-0.15, -0.1) is 0 Å². The molecule has 4 heteroatoms. The normalized spacial score (nSPS) is 13.6. The highest BCUT2D eigenvalue weighted by Gasteiger charge is 2.41. The molecule has 0 N–H and O–H groups in total. The number of nitrogens with zero attached hydrogens (tertiary/aromatic N) is 1. The molecule has 0 amide bonds. The molecule has 9 rings (SSSR count). The van der Waals surface area contributed by atoms with E-state index in [0.29, 0.717) is 0 Å². The van der Waals surface area contributed by atoms with E-state index < -0.39 is 0 Å². The molecule has 3 aliphatic rings. The van der Waals surface area contributed by atoms with Gasteiger partial charge in [-0.3, -0.25) is 0 Å². The fourth-order valence-electron chi connectivity index (χ4n) is 6.79. The van der Waals surface area contributed by atoms with Crippen LogP contribution >= 0.6 is 0 Å². The molecule has 0 fully saturated rings. The zero-order valence-electron chi connectivity index (χ0n) is 22.2. The minimum absolute atomic E-state index is 0.0629. The fourth-order valence-corrected chi connectivity index (χ4v) is 6.79. The predicted octanol–water partition coefficient (Wildman–Crippen LogP) is 7.46. The van der Waals surface area contributed by atoms with Crippen molar-refractivity contribution in [1.82, 2.24) is 0 Å². The molecule has 0 spiro atoms. The van der Waals surface area contributed by atoms with Crippen LogP contribution < -0.4 is 30.8 Å². The summed E-state index contributed by atoms with van der Waals surface area (Å²) in [7, 11) is 0. The maximum Gasteiger partial charge on any atom is 0.260 e. The van der Waals surface area contributed by atoms with E-state index in [4.69, 9.17) is 9.47 Å². The first-order chi connectivity index (χ1) is 20.3. The third kappa shape index (κ3) is 3.34. The second kappa shape index (κ2) is 8.64. The second-order valence-electron chi connectivity index (χ2n) is 10.9. The summed E-state index contributed by atoms with van der Waals surface area (Å²) in [6.45, 7) is 0.0629. The van der Waals surface area contributed by atoms with Crippen molar-refractivity contribution in [2.24, 2.45) is 0 Å². The van der Waals surface area contributed by atoms with E-state index in [9.17, 15) is 0 Å². The highest BCUT2D eigenvalue weighted by molar-refractivity contribution is 6.98. The summed E-state index contributed by atoms with van der Waals surface area (Å²) in [5.41, 5.74) is 11.9. The van der Waals surface area contributed by atoms with Gasteiger partial charge in [0.25, 0.3) is 6.71 Å². The van der Waals surface area contributed by atoms with Crippen molar-refractivity contribution in [1.29, 1.82) is 0 Å². The number of ether oxygens (including phenoxy) is 2. The zero-order valence-corrected chi connectivity index (χ0v) is 22.2. The van der Waals surface area contributed by atoms with Gasteiger partial charge in [0.1, 0.15) is 23.0 Å². The largest absolute Gasteiger partial charge is 0.458 e. The van der Waals surface area contributed by atoms with E-state index >= 15 is 0 Å². The molecule has 0 aliphatic carbocycles. The number of fused-ring (bicyclic) bond motifs is 6. The van der Waals surface area contributed by atoms with Crippen LogP contribution in [-0.2, 0) is 6.42 Å². The number of anilines is 3. The van der Waals surface area contributed by atoms with Crippen LogP contribution in [0.3, 0.4) is 0 Å². The first kappa shape index (κ1) is 22.6. The Balaban J connectivity index is 1.22. The quantitative estimate of drug-likeness (QED) is 0.219. The molecule has 0 saturated heterocycles. The predicted molar refractivity (Wildman–Crippen MR) is 167 cm³/mol. The number of hydrogen-bond donors (Lipinski definition) is 0. The van der Waals surface area contributed by atoms with Crippen LogP contribution in [0.2, 0.25) is 0 Å².